The van der Waals surface area contributed by atoms with Crippen molar-refractivity contribution >= 4 is 28.3 Å². The van der Waals surface area contributed by atoms with Crippen molar-refractivity contribution in [2.75, 3.05) is 18.4 Å². The highest BCUT2D eigenvalue weighted by molar-refractivity contribution is 7.15. The largest absolute Gasteiger partial charge is 0.341 e. The molecular formula is C14H19N3O2S. The van der Waals surface area contributed by atoms with Gasteiger partial charge in [-0.15, -0.1) is 11.3 Å². The Hall–Kier alpha value is -1.43. The molecule has 3 rings (SSSR count). The SMILES string of the molecule is CC(=O)N1CC(C(=O)Nc2nc3c(s2)CCCCC3)C1. The highest BCUT2D eigenvalue weighted by atomic mass is 32.1. The highest BCUT2D eigenvalue weighted by Crippen LogP contribution is 2.29. The van der Waals surface area contributed by atoms with Crippen molar-refractivity contribution in [2.45, 2.75) is 39.0 Å². The molecule has 1 saturated heterocycles. The number of hydrogen-bond acceptors (Lipinski definition) is 4. The third-order valence-corrected chi connectivity index (χ3v) is 5.10. The first-order valence-corrected chi connectivity index (χ1v) is 8.00. The van der Waals surface area contributed by atoms with Gasteiger partial charge in [-0.2, -0.15) is 0 Å². The summed E-state index contributed by atoms with van der Waals surface area (Å²) in [5, 5.41) is 3.64. The molecule has 1 fully saturated rings. The van der Waals surface area contributed by atoms with Crippen LogP contribution in [0.3, 0.4) is 0 Å². The van der Waals surface area contributed by atoms with Gasteiger partial charge in [-0.25, -0.2) is 4.98 Å². The second-order valence-corrected chi connectivity index (χ2v) is 6.64. The van der Waals surface area contributed by atoms with Gasteiger partial charge < -0.3 is 10.2 Å². The van der Waals surface area contributed by atoms with E-state index in [0.29, 0.717) is 13.1 Å². The Morgan fingerprint density at radius 2 is 2.00 bits per heavy atom. The monoisotopic (exact) mass is 293 g/mol. The van der Waals surface area contributed by atoms with E-state index in [1.165, 1.54) is 36.8 Å². The molecular weight excluding hydrogens is 274 g/mol. The van der Waals surface area contributed by atoms with Crippen molar-refractivity contribution in [2.24, 2.45) is 5.92 Å². The van der Waals surface area contributed by atoms with Crippen LogP contribution in [0.15, 0.2) is 0 Å². The standard InChI is InChI=1S/C14H19N3O2S/c1-9(18)17-7-10(8-17)13(19)16-14-15-11-5-3-2-4-6-12(11)20-14/h10H,2-8H2,1H3,(H,15,16,19). The van der Waals surface area contributed by atoms with Crippen LogP contribution < -0.4 is 5.32 Å². The van der Waals surface area contributed by atoms with E-state index in [4.69, 9.17) is 0 Å². The Balaban J connectivity index is 1.58. The number of thiazole rings is 1. The maximum atomic E-state index is 12.1. The first-order chi connectivity index (χ1) is 9.63. The van der Waals surface area contributed by atoms with E-state index in [0.717, 1.165) is 18.0 Å². The van der Waals surface area contributed by atoms with Gasteiger partial charge in [0, 0.05) is 24.9 Å². The summed E-state index contributed by atoms with van der Waals surface area (Å²) in [6.45, 7) is 2.60. The predicted octanol–water partition coefficient (Wildman–Crippen LogP) is 1.83. The quantitative estimate of drug-likeness (QED) is 0.846. The Bertz CT molecular complexity index is 511. The van der Waals surface area contributed by atoms with Crippen LogP contribution in [0.2, 0.25) is 0 Å². The summed E-state index contributed by atoms with van der Waals surface area (Å²) >= 11 is 1.61. The van der Waals surface area contributed by atoms with Gasteiger partial charge in [0.25, 0.3) is 0 Å². The number of hydrogen-bond donors (Lipinski definition) is 1. The zero-order chi connectivity index (χ0) is 14.1. The van der Waals surface area contributed by atoms with E-state index in [-0.39, 0.29) is 17.7 Å². The first-order valence-electron chi connectivity index (χ1n) is 7.18. The Labute approximate surface area is 122 Å². The average molecular weight is 293 g/mol. The molecule has 20 heavy (non-hydrogen) atoms. The van der Waals surface area contributed by atoms with E-state index in [2.05, 4.69) is 10.3 Å². The lowest BCUT2D eigenvalue weighted by Gasteiger charge is -2.37. The zero-order valence-electron chi connectivity index (χ0n) is 11.6. The number of anilines is 1. The molecule has 0 spiro atoms. The summed E-state index contributed by atoms with van der Waals surface area (Å²) in [6, 6.07) is 0. The van der Waals surface area contributed by atoms with Gasteiger partial charge in [-0.1, -0.05) is 6.42 Å². The molecule has 1 aromatic heterocycles. The average Bonchev–Trinajstić information content (AvgIpc) is 2.56. The van der Waals surface area contributed by atoms with Crippen molar-refractivity contribution in [1.82, 2.24) is 9.88 Å². The number of aryl methyl sites for hydroxylation is 2. The maximum absolute atomic E-state index is 12.1. The smallest absolute Gasteiger partial charge is 0.232 e. The Morgan fingerprint density at radius 3 is 2.75 bits per heavy atom. The van der Waals surface area contributed by atoms with Gasteiger partial charge in [0.05, 0.1) is 11.6 Å². The lowest BCUT2D eigenvalue weighted by Crippen LogP contribution is -2.53. The number of amides is 2. The maximum Gasteiger partial charge on any atom is 0.232 e. The van der Waals surface area contributed by atoms with E-state index < -0.39 is 0 Å². The molecule has 1 aliphatic carbocycles. The minimum atomic E-state index is -0.0809. The molecule has 2 aliphatic rings. The summed E-state index contributed by atoms with van der Waals surface area (Å²) in [6.07, 6.45) is 5.81. The summed E-state index contributed by atoms with van der Waals surface area (Å²) in [4.78, 5) is 30.7. The molecule has 0 radical (unpaired) electrons. The minimum Gasteiger partial charge on any atom is -0.341 e. The number of likely N-dealkylation sites (tertiary alicyclic amines) is 1. The molecule has 2 heterocycles. The summed E-state index contributed by atoms with van der Waals surface area (Å²) in [7, 11) is 0. The Kier molecular flexibility index (Phi) is 3.74. The van der Waals surface area contributed by atoms with Gasteiger partial charge in [0.2, 0.25) is 11.8 Å². The predicted molar refractivity (Wildman–Crippen MR) is 77.7 cm³/mol. The number of aromatic nitrogens is 1. The van der Waals surface area contributed by atoms with Crippen molar-refractivity contribution < 1.29 is 9.59 Å². The molecule has 0 saturated carbocycles. The number of rotatable bonds is 2. The highest BCUT2D eigenvalue weighted by Gasteiger charge is 2.34. The third kappa shape index (κ3) is 2.70. The molecule has 6 heteroatoms. The lowest BCUT2D eigenvalue weighted by molar-refractivity contribution is -0.139. The molecule has 0 atom stereocenters. The second kappa shape index (κ2) is 5.52. The van der Waals surface area contributed by atoms with E-state index in [1.54, 1.807) is 16.2 Å². The van der Waals surface area contributed by atoms with E-state index in [1.807, 2.05) is 0 Å². The number of nitrogens with one attached hydrogen (secondary N) is 1. The van der Waals surface area contributed by atoms with Crippen molar-refractivity contribution in [3.05, 3.63) is 10.6 Å². The first kappa shape index (κ1) is 13.5. The van der Waals surface area contributed by atoms with Gasteiger partial charge in [0.1, 0.15) is 0 Å². The van der Waals surface area contributed by atoms with Gasteiger partial charge in [-0.05, 0) is 25.7 Å². The molecule has 108 valence electrons. The minimum absolute atomic E-state index is 0.00795. The van der Waals surface area contributed by atoms with Crippen molar-refractivity contribution in [3.8, 4) is 0 Å². The summed E-state index contributed by atoms with van der Waals surface area (Å²) in [5.74, 6) is -0.0518. The summed E-state index contributed by atoms with van der Waals surface area (Å²) < 4.78 is 0. The van der Waals surface area contributed by atoms with Crippen molar-refractivity contribution in [1.29, 1.82) is 0 Å². The van der Waals surface area contributed by atoms with Crippen LogP contribution in [0.25, 0.3) is 0 Å². The van der Waals surface area contributed by atoms with E-state index in [9.17, 15) is 9.59 Å². The zero-order valence-corrected chi connectivity index (χ0v) is 12.5. The molecule has 0 aromatic carbocycles. The fourth-order valence-electron chi connectivity index (χ4n) is 2.69. The van der Waals surface area contributed by atoms with Crippen LogP contribution in [0.1, 0.15) is 36.8 Å². The molecule has 1 aliphatic heterocycles. The van der Waals surface area contributed by atoms with Crippen LogP contribution >= 0.6 is 11.3 Å². The topological polar surface area (TPSA) is 62.3 Å². The number of carbonyl (C=O) groups excluding carboxylic acids is 2. The number of carbonyl (C=O) groups is 2. The molecule has 1 aromatic rings. The van der Waals surface area contributed by atoms with Crippen LogP contribution in [-0.2, 0) is 22.4 Å². The number of nitrogens with zero attached hydrogens (tertiary/aromatic N) is 2. The lowest BCUT2D eigenvalue weighted by atomic mass is 9.99. The van der Waals surface area contributed by atoms with Crippen LogP contribution in [-0.4, -0.2) is 34.8 Å². The van der Waals surface area contributed by atoms with Gasteiger partial charge >= 0.3 is 0 Å². The van der Waals surface area contributed by atoms with E-state index >= 15 is 0 Å². The van der Waals surface area contributed by atoms with Crippen LogP contribution in [0, 0.1) is 5.92 Å². The fourth-order valence-corrected chi connectivity index (χ4v) is 3.74. The molecule has 5 nitrogen and oxygen atoms in total. The van der Waals surface area contributed by atoms with Gasteiger partial charge in [0.15, 0.2) is 5.13 Å². The molecule has 1 N–H and O–H groups in total. The third-order valence-electron chi connectivity index (χ3n) is 4.02. The molecule has 0 unspecified atom stereocenters. The van der Waals surface area contributed by atoms with Crippen LogP contribution in [0.4, 0.5) is 5.13 Å². The van der Waals surface area contributed by atoms with Crippen molar-refractivity contribution in [3.63, 3.8) is 0 Å². The second-order valence-electron chi connectivity index (χ2n) is 5.56. The molecule has 2 amide bonds. The number of fused-ring (bicyclic) bond motifs is 1. The van der Waals surface area contributed by atoms with Gasteiger partial charge in [-0.3, -0.25) is 9.59 Å². The fraction of sp³-hybridized carbons (Fsp3) is 0.643. The Morgan fingerprint density at radius 1 is 1.25 bits per heavy atom. The molecule has 0 bridgehead atoms. The summed E-state index contributed by atoms with van der Waals surface area (Å²) in [5.41, 5.74) is 1.17. The normalized spacial score (nSPS) is 18.9. The van der Waals surface area contributed by atoms with Crippen LogP contribution in [0.5, 0.6) is 0 Å².